The molecule has 2 bridgehead atoms. The van der Waals surface area contributed by atoms with E-state index in [9.17, 15) is 31.2 Å². The lowest BCUT2D eigenvalue weighted by molar-refractivity contribution is 0.102. The fourth-order valence-electron chi connectivity index (χ4n) is 5.03. The first-order valence-electron chi connectivity index (χ1n) is 10.8. The van der Waals surface area contributed by atoms with Gasteiger partial charge in [-0.05, 0) is 55.7 Å². The number of rotatable bonds is 5. The summed E-state index contributed by atoms with van der Waals surface area (Å²) in [7, 11) is -2.68. The second kappa shape index (κ2) is 9.69. The van der Waals surface area contributed by atoms with Crippen LogP contribution in [0.15, 0.2) is 35.2 Å². The molecule has 7 nitrogen and oxygen atoms in total. The summed E-state index contributed by atoms with van der Waals surface area (Å²) in [5.41, 5.74) is -0.444. The summed E-state index contributed by atoms with van der Waals surface area (Å²) in [5.74, 6) is -5.57. The molecule has 2 aliphatic carbocycles. The largest absolute Gasteiger partial charge is 0.453 e. The van der Waals surface area contributed by atoms with Crippen LogP contribution in [0.2, 0.25) is 5.02 Å². The fourth-order valence-corrected chi connectivity index (χ4v) is 7.46. The van der Waals surface area contributed by atoms with Gasteiger partial charge in [-0.15, -0.1) is 0 Å². The van der Waals surface area contributed by atoms with Crippen molar-refractivity contribution in [1.82, 2.24) is 5.32 Å². The lowest BCUT2D eigenvalue weighted by Gasteiger charge is -2.35. The van der Waals surface area contributed by atoms with Crippen molar-refractivity contribution in [1.29, 1.82) is 0 Å². The summed E-state index contributed by atoms with van der Waals surface area (Å²) in [6.45, 7) is 0. The maximum Gasteiger partial charge on any atom is 0.407 e. The highest BCUT2D eigenvalue weighted by Gasteiger charge is 2.47. The molecule has 35 heavy (non-hydrogen) atoms. The van der Waals surface area contributed by atoms with E-state index in [0.717, 1.165) is 18.9 Å². The van der Waals surface area contributed by atoms with Gasteiger partial charge in [0.2, 0.25) is 0 Å². The number of amides is 2. The van der Waals surface area contributed by atoms with Crippen LogP contribution in [-0.2, 0) is 14.6 Å². The molecule has 0 radical (unpaired) electrons. The van der Waals surface area contributed by atoms with E-state index >= 15 is 0 Å². The predicted molar refractivity (Wildman–Crippen MR) is 121 cm³/mol. The van der Waals surface area contributed by atoms with E-state index in [1.807, 2.05) is 0 Å². The Kier molecular flexibility index (Phi) is 7.01. The smallest absolute Gasteiger partial charge is 0.407 e. The van der Waals surface area contributed by atoms with Crippen molar-refractivity contribution in [3.63, 3.8) is 0 Å². The normalized spacial score (nSPS) is 23.6. The first kappa shape index (κ1) is 25.3. The van der Waals surface area contributed by atoms with Gasteiger partial charge in [-0.3, -0.25) is 4.79 Å². The van der Waals surface area contributed by atoms with Gasteiger partial charge in [0.05, 0.1) is 22.3 Å². The third-order valence-corrected chi connectivity index (χ3v) is 9.36. The van der Waals surface area contributed by atoms with Gasteiger partial charge in [0.25, 0.3) is 5.91 Å². The molecule has 12 heteroatoms. The summed E-state index contributed by atoms with van der Waals surface area (Å²) in [6, 6.07) is 4.70. The van der Waals surface area contributed by atoms with Crippen LogP contribution in [0.4, 0.5) is 23.7 Å². The monoisotopic (exact) mass is 530 g/mol. The molecule has 4 rings (SSSR count). The summed E-state index contributed by atoms with van der Waals surface area (Å²) in [5, 5.41) is 4.20. The summed E-state index contributed by atoms with van der Waals surface area (Å²) in [4.78, 5) is 24.1. The molecular formula is C23H22ClF3N2O5S. The molecule has 0 aromatic heterocycles. The Morgan fingerprint density at radius 2 is 1.63 bits per heavy atom. The van der Waals surface area contributed by atoms with Crippen LogP contribution in [-0.4, -0.2) is 38.8 Å². The molecule has 2 aliphatic rings. The average molecular weight is 531 g/mol. The molecule has 2 amide bonds. The zero-order valence-electron chi connectivity index (χ0n) is 18.5. The van der Waals surface area contributed by atoms with E-state index in [-0.39, 0.29) is 39.0 Å². The Bertz CT molecular complexity index is 1250. The first-order valence-corrected chi connectivity index (χ1v) is 12.8. The number of benzene rings is 2. The van der Waals surface area contributed by atoms with Crippen LogP contribution in [0, 0.1) is 29.3 Å². The Morgan fingerprint density at radius 1 is 1.03 bits per heavy atom. The zero-order valence-corrected chi connectivity index (χ0v) is 20.1. The van der Waals surface area contributed by atoms with E-state index in [1.165, 1.54) is 19.2 Å². The molecule has 0 aliphatic heterocycles. The second-order valence-electron chi connectivity index (χ2n) is 8.75. The lowest BCUT2D eigenvalue weighted by atomic mass is 9.84. The molecule has 0 saturated heterocycles. The van der Waals surface area contributed by atoms with Crippen LogP contribution < -0.4 is 10.6 Å². The first-order chi connectivity index (χ1) is 16.5. The standard InChI is InChI=1S/C23H22ClF3N2O5S/c1-34-23(31)29-21-11-2-3-12(21)7-15(6-11)35(32,33)19-8-13(4-5-16(19)24)22(30)28-14-9-17(25)20(27)18(26)10-14/h4-5,8-12,15,21H,2-3,6-7H2,1H3,(H,28,30)(H,29,31). The number of carbonyl (C=O) groups is 2. The number of carbonyl (C=O) groups excluding carboxylic acids is 2. The molecule has 2 aromatic rings. The fraction of sp³-hybridized carbons (Fsp3) is 0.391. The maximum absolute atomic E-state index is 13.5. The summed E-state index contributed by atoms with van der Waals surface area (Å²) >= 11 is 6.20. The van der Waals surface area contributed by atoms with Gasteiger partial charge in [0.15, 0.2) is 27.3 Å². The average Bonchev–Trinajstić information content (AvgIpc) is 3.03. The quantitative estimate of drug-likeness (QED) is 0.546. The highest BCUT2D eigenvalue weighted by Crippen LogP contribution is 2.46. The van der Waals surface area contributed by atoms with Gasteiger partial charge < -0.3 is 15.4 Å². The van der Waals surface area contributed by atoms with Gasteiger partial charge in [0, 0.05) is 29.4 Å². The molecule has 2 aromatic carbocycles. The SMILES string of the molecule is COC(=O)NC1C2CCC1CC(S(=O)(=O)c1cc(C(=O)Nc3cc(F)c(F)c(F)c3)ccc1Cl)C2. The van der Waals surface area contributed by atoms with Crippen molar-refractivity contribution in [3.8, 4) is 0 Å². The van der Waals surface area contributed by atoms with Crippen LogP contribution in [0.5, 0.6) is 0 Å². The number of hydrogen-bond donors (Lipinski definition) is 2. The number of nitrogens with one attached hydrogen (secondary N) is 2. The number of sulfone groups is 1. The lowest BCUT2D eigenvalue weighted by Crippen LogP contribution is -2.47. The second-order valence-corrected chi connectivity index (χ2v) is 11.4. The van der Waals surface area contributed by atoms with E-state index in [2.05, 4.69) is 15.4 Å². The van der Waals surface area contributed by atoms with Crippen LogP contribution in [0.1, 0.15) is 36.0 Å². The van der Waals surface area contributed by atoms with Crippen molar-refractivity contribution < 1.29 is 35.9 Å². The van der Waals surface area contributed by atoms with E-state index in [1.54, 1.807) is 0 Å². The topological polar surface area (TPSA) is 102 Å². The van der Waals surface area contributed by atoms with E-state index in [0.29, 0.717) is 25.0 Å². The van der Waals surface area contributed by atoms with Crippen LogP contribution >= 0.6 is 11.6 Å². The van der Waals surface area contributed by atoms with E-state index in [4.69, 9.17) is 11.6 Å². The van der Waals surface area contributed by atoms with Crippen molar-refractivity contribution in [2.45, 2.75) is 41.9 Å². The number of hydrogen-bond acceptors (Lipinski definition) is 5. The zero-order chi connectivity index (χ0) is 25.5. The number of fused-ring (bicyclic) bond motifs is 2. The molecule has 2 atom stereocenters. The van der Waals surface area contributed by atoms with Crippen molar-refractivity contribution >= 4 is 39.1 Å². The number of methoxy groups -OCH3 is 1. The molecule has 0 heterocycles. The van der Waals surface area contributed by atoms with Gasteiger partial charge in [-0.25, -0.2) is 26.4 Å². The highest BCUT2D eigenvalue weighted by molar-refractivity contribution is 7.92. The predicted octanol–water partition coefficient (Wildman–Crippen LogP) is 4.70. The van der Waals surface area contributed by atoms with Crippen molar-refractivity contribution in [3.05, 3.63) is 58.4 Å². The highest BCUT2D eigenvalue weighted by atomic mass is 35.5. The molecule has 2 saturated carbocycles. The molecular weight excluding hydrogens is 509 g/mol. The Balaban J connectivity index is 1.55. The van der Waals surface area contributed by atoms with Crippen molar-refractivity contribution in [2.24, 2.45) is 11.8 Å². The third-order valence-electron chi connectivity index (χ3n) is 6.71. The summed E-state index contributed by atoms with van der Waals surface area (Å²) in [6.07, 6.45) is 1.61. The summed E-state index contributed by atoms with van der Waals surface area (Å²) < 4.78 is 71.8. The molecule has 2 fully saturated rings. The minimum atomic E-state index is -3.95. The minimum absolute atomic E-state index is 0.0406. The van der Waals surface area contributed by atoms with Gasteiger partial charge >= 0.3 is 6.09 Å². The van der Waals surface area contributed by atoms with E-state index < -0.39 is 44.5 Å². The van der Waals surface area contributed by atoms with Gasteiger partial charge in [-0.1, -0.05) is 11.6 Å². The molecule has 2 unspecified atom stereocenters. The Labute approximate surface area is 204 Å². The number of alkyl carbamates (subject to hydrolysis) is 1. The number of ether oxygens (including phenoxy) is 1. The minimum Gasteiger partial charge on any atom is -0.453 e. The number of anilines is 1. The number of halogens is 4. The van der Waals surface area contributed by atoms with Crippen molar-refractivity contribution in [2.75, 3.05) is 12.4 Å². The van der Waals surface area contributed by atoms with Crippen LogP contribution in [0.25, 0.3) is 0 Å². The third kappa shape index (κ3) is 4.97. The van der Waals surface area contributed by atoms with Gasteiger partial charge in [-0.2, -0.15) is 0 Å². The molecule has 0 spiro atoms. The van der Waals surface area contributed by atoms with Crippen LogP contribution in [0.3, 0.4) is 0 Å². The Morgan fingerprint density at radius 3 is 2.20 bits per heavy atom. The molecule has 2 N–H and O–H groups in total. The Hall–Kier alpha value is -2.79. The maximum atomic E-state index is 13.5. The molecule has 188 valence electrons. The van der Waals surface area contributed by atoms with Gasteiger partial charge in [0.1, 0.15) is 0 Å².